The molecule has 0 amide bonds. The predicted octanol–water partition coefficient (Wildman–Crippen LogP) is 2.26. The summed E-state index contributed by atoms with van der Waals surface area (Å²) in [7, 11) is 0. The lowest BCUT2D eigenvalue weighted by Crippen LogP contribution is -2.47. The molecule has 3 N–H and O–H groups in total. The van der Waals surface area contributed by atoms with E-state index >= 15 is 0 Å². The summed E-state index contributed by atoms with van der Waals surface area (Å²) in [5, 5.41) is 3.16. The third-order valence-electron chi connectivity index (χ3n) is 4.68. The maximum absolute atomic E-state index is 6.00. The molecular weight excluding hydrogens is 453 g/mol. The number of benzene rings is 1. The third-order valence-corrected chi connectivity index (χ3v) is 4.68. The lowest BCUT2D eigenvalue weighted by atomic mass is 10.1. The van der Waals surface area contributed by atoms with E-state index in [1.165, 1.54) is 11.1 Å². The Morgan fingerprint density at radius 3 is 2.48 bits per heavy atom. The zero-order chi connectivity index (χ0) is 18.4. The first-order valence-corrected chi connectivity index (χ1v) is 9.00. The lowest BCUT2D eigenvalue weighted by Gasteiger charge is -2.34. The van der Waals surface area contributed by atoms with Gasteiger partial charge in [0, 0.05) is 50.8 Å². The molecule has 1 aliphatic rings. The largest absolute Gasteiger partial charge is 0.370 e. The molecule has 1 aromatic heterocycles. The number of aliphatic imine (C=N–C) groups is 1. The number of aryl methyl sites for hydroxylation is 2. The van der Waals surface area contributed by atoms with E-state index in [9.17, 15) is 0 Å². The highest BCUT2D eigenvalue weighted by Gasteiger charge is 2.18. The van der Waals surface area contributed by atoms with Crippen molar-refractivity contribution in [3.63, 3.8) is 0 Å². The second-order valence-corrected chi connectivity index (χ2v) is 6.57. The van der Waals surface area contributed by atoms with Crippen molar-refractivity contribution in [3.8, 4) is 0 Å². The van der Waals surface area contributed by atoms with Crippen LogP contribution in [0.3, 0.4) is 0 Å². The van der Waals surface area contributed by atoms with Crippen molar-refractivity contribution >= 4 is 41.6 Å². The molecule has 0 aliphatic carbocycles. The number of guanidine groups is 1. The van der Waals surface area contributed by atoms with Crippen LogP contribution in [0.25, 0.3) is 0 Å². The molecule has 2 heterocycles. The molecule has 8 heteroatoms. The minimum Gasteiger partial charge on any atom is -0.370 e. The first kappa shape index (κ1) is 21.4. The number of aromatic nitrogens is 2. The minimum atomic E-state index is 0. The van der Waals surface area contributed by atoms with Gasteiger partial charge in [0.15, 0.2) is 5.96 Å². The fourth-order valence-electron chi connectivity index (χ4n) is 2.94. The lowest BCUT2D eigenvalue weighted by molar-refractivity contribution is 0.264. The number of hydrogen-bond donors (Lipinski definition) is 2. The Kier molecular flexibility index (Phi) is 8.23. The zero-order valence-corrected chi connectivity index (χ0v) is 18.3. The van der Waals surface area contributed by atoms with Gasteiger partial charge in [0.25, 0.3) is 0 Å². The van der Waals surface area contributed by atoms with Gasteiger partial charge in [-0.1, -0.05) is 6.07 Å². The van der Waals surface area contributed by atoms with Gasteiger partial charge in [-0.05, 0) is 43.2 Å². The summed E-state index contributed by atoms with van der Waals surface area (Å²) in [6.45, 7) is 9.61. The van der Waals surface area contributed by atoms with E-state index in [0.29, 0.717) is 12.5 Å². The first-order valence-electron chi connectivity index (χ1n) is 9.00. The van der Waals surface area contributed by atoms with Gasteiger partial charge >= 0.3 is 0 Å². The molecule has 0 bridgehead atoms. The van der Waals surface area contributed by atoms with E-state index in [4.69, 9.17) is 5.73 Å². The average Bonchev–Trinajstić information content (AvgIpc) is 2.66. The SMILES string of the molecule is Cc1ccc(NC(N)=NCCN2CCN(c3ncccn3)CC2)cc1C.I. The molecule has 0 radical (unpaired) electrons. The van der Waals surface area contributed by atoms with Crippen LogP contribution in [0.5, 0.6) is 0 Å². The number of halogens is 1. The van der Waals surface area contributed by atoms with Gasteiger partial charge in [-0.2, -0.15) is 0 Å². The van der Waals surface area contributed by atoms with Crippen LogP contribution in [-0.2, 0) is 0 Å². The quantitative estimate of drug-likeness (QED) is 0.388. The summed E-state index contributed by atoms with van der Waals surface area (Å²) in [5.41, 5.74) is 9.49. The number of piperazine rings is 1. The second-order valence-electron chi connectivity index (χ2n) is 6.57. The molecule has 3 rings (SSSR count). The molecule has 0 atom stereocenters. The average molecular weight is 481 g/mol. The second kappa shape index (κ2) is 10.4. The molecule has 1 fully saturated rings. The number of rotatable bonds is 5. The Morgan fingerprint density at radius 2 is 1.81 bits per heavy atom. The molecule has 1 aromatic carbocycles. The van der Waals surface area contributed by atoms with Crippen LogP contribution >= 0.6 is 24.0 Å². The highest BCUT2D eigenvalue weighted by atomic mass is 127. The molecule has 146 valence electrons. The molecule has 27 heavy (non-hydrogen) atoms. The van der Waals surface area contributed by atoms with Crippen LogP contribution < -0.4 is 16.0 Å². The van der Waals surface area contributed by atoms with Crippen molar-refractivity contribution in [2.45, 2.75) is 13.8 Å². The highest BCUT2D eigenvalue weighted by Crippen LogP contribution is 2.13. The van der Waals surface area contributed by atoms with Gasteiger partial charge in [0.05, 0.1) is 6.54 Å². The van der Waals surface area contributed by atoms with Gasteiger partial charge in [0.2, 0.25) is 5.95 Å². The molecule has 1 saturated heterocycles. The number of hydrogen-bond acceptors (Lipinski definition) is 5. The predicted molar refractivity (Wildman–Crippen MR) is 122 cm³/mol. The smallest absolute Gasteiger partial charge is 0.225 e. The van der Waals surface area contributed by atoms with Crippen molar-refractivity contribution in [2.75, 3.05) is 49.5 Å². The van der Waals surface area contributed by atoms with E-state index in [2.05, 4.69) is 56.1 Å². The van der Waals surface area contributed by atoms with E-state index in [-0.39, 0.29) is 24.0 Å². The van der Waals surface area contributed by atoms with Crippen molar-refractivity contribution in [1.29, 1.82) is 0 Å². The van der Waals surface area contributed by atoms with Crippen LogP contribution in [0.15, 0.2) is 41.7 Å². The summed E-state index contributed by atoms with van der Waals surface area (Å²) in [6.07, 6.45) is 3.57. The Morgan fingerprint density at radius 1 is 1.11 bits per heavy atom. The van der Waals surface area contributed by atoms with Crippen molar-refractivity contribution < 1.29 is 0 Å². The number of nitrogens with one attached hydrogen (secondary N) is 1. The van der Waals surface area contributed by atoms with Gasteiger partial charge < -0.3 is 16.0 Å². The monoisotopic (exact) mass is 481 g/mol. The summed E-state index contributed by atoms with van der Waals surface area (Å²) in [4.78, 5) is 17.7. The first-order chi connectivity index (χ1) is 12.6. The Bertz CT molecular complexity index is 743. The van der Waals surface area contributed by atoms with Crippen molar-refractivity contribution in [3.05, 3.63) is 47.8 Å². The van der Waals surface area contributed by atoms with Gasteiger partial charge in [-0.15, -0.1) is 24.0 Å². The summed E-state index contributed by atoms with van der Waals surface area (Å²) < 4.78 is 0. The normalized spacial score (nSPS) is 15.3. The van der Waals surface area contributed by atoms with Crippen LogP contribution in [0.4, 0.5) is 11.6 Å². The minimum absolute atomic E-state index is 0. The van der Waals surface area contributed by atoms with Crippen molar-refractivity contribution in [1.82, 2.24) is 14.9 Å². The van der Waals surface area contributed by atoms with E-state index in [1.807, 2.05) is 12.1 Å². The van der Waals surface area contributed by atoms with Crippen molar-refractivity contribution in [2.24, 2.45) is 10.7 Å². The standard InChI is InChI=1S/C19H27N7.HI/c1-15-4-5-17(14-16(15)2)24-18(20)21-8-9-25-10-12-26(13-11-25)19-22-6-3-7-23-19;/h3-7,14H,8-13H2,1-2H3,(H3,20,21,24);1H. The zero-order valence-electron chi connectivity index (χ0n) is 15.9. The van der Waals surface area contributed by atoms with E-state index in [1.54, 1.807) is 12.4 Å². The molecule has 0 saturated carbocycles. The third kappa shape index (κ3) is 6.31. The Balaban J connectivity index is 0.00000261. The van der Waals surface area contributed by atoms with Crippen LogP contribution in [0.1, 0.15) is 11.1 Å². The number of nitrogens with zero attached hydrogens (tertiary/aromatic N) is 5. The van der Waals surface area contributed by atoms with E-state index in [0.717, 1.165) is 44.4 Å². The number of anilines is 2. The number of nitrogens with two attached hydrogens (primary N) is 1. The summed E-state index contributed by atoms with van der Waals surface area (Å²) in [6, 6.07) is 8.03. The Hall–Kier alpha value is -1.94. The summed E-state index contributed by atoms with van der Waals surface area (Å²) >= 11 is 0. The molecule has 0 spiro atoms. The van der Waals surface area contributed by atoms with Gasteiger partial charge in [0.1, 0.15) is 0 Å². The molecular formula is C19H28IN7. The topological polar surface area (TPSA) is 82.7 Å². The fourth-order valence-corrected chi connectivity index (χ4v) is 2.94. The molecule has 0 unspecified atom stereocenters. The maximum atomic E-state index is 6.00. The fraction of sp³-hybridized carbons (Fsp3) is 0.421. The van der Waals surface area contributed by atoms with E-state index < -0.39 is 0 Å². The highest BCUT2D eigenvalue weighted by molar-refractivity contribution is 14.0. The Labute approximate surface area is 178 Å². The van der Waals surface area contributed by atoms with Crippen LogP contribution in [0.2, 0.25) is 0 Å². The van der Waals surface area contributed by atoms with Crippen LogP contribution in [-0.4, -0.2) is 60.1 Å². The summed E-state index contributed by atoms with van der Waals surface area (Å²) in [5.74, 6) is 1.27. The molecule has 1 aliphatic heterocycles. The van der Waals surface area contributed by atoms with Crippen LogP contribution in [0, 0.1) is 13.8 Å². The molecule has 7 nitrogen and oxygen atoms in total. The van der Waals surface area contributed by atoms with Gasteiger partial charge in [-0.25, -0.2) is 9.97 Å². The molecule has 2 aromatic rings. The maximum Gasteiger partial charge on any atom is 0.225 e. The van der Waals surface area contributed by atoms with Gasteiger partial charge in [-0.3, -0.25) is 9.89 Å².